The molecule has 2 aliphatic rings. The molecule has 2 fully saturated rings. The van der Waals surface area contributed by atoms with Crippen LogP contribution in [0.2, 0.25) is 5.02 Å². The number of rotatable bonds is 4. The lowest BCUT2D eigenvalue weighted by Crippen LogP contribution is -2.44. The summed E-state index contributed by atoms with van der Waals surface area (Å²) in [5.41, 5.74) is 4.97. The first-order valence-corrected chi connectivity index (χ1v) is 9.06. The highest BCUT2D eigenvalue weighted by atomic mass is 35.5. The summed E-state index contributed by atoms with van der Waals surface area (Å²) in [7, 11) is 0. The molecule has 2 heterocycles. The van der Waals surface area contributed by atoms with Gasteiger partial charge in [-0.3, -0.25) is 4.79 Å². The monoisotopic (exact) mass is 441 g/mol. The van der Waals surface area contributed by atoms with Gasteiger partial charge < -0.3 is 20.7 Å². The van der Waals surface area contributed by atoms with Crippen molar-refractivity contribution in [1.29, 1.82) is 0 Å². The van der Waals surface area contributed by atoms with E-state index in [0.717, 1.165) is 17.0 Å². The van der Waals surface area contributed by atoms with Gasteiger partial charge in [-0.25, -0.2) is 13.6 Å². The standard InChI is InChI=1S/C17H17ClF5N3O3/c18-12-9(19)3-2-8(13(12)20)14(26-5-10(15(24)27)25-16(26)28)11-4-1-7(6-29-11)17(21,22)23/h2-3,7,10-11,14H,1,4-6H2,(H2,24,27)(H,25,28)/t7-,10?,11+,14+/m0/s1. The number of nitrogens with one attached hydrogen (secondary N) is 1. The van der Waals surface area contributed by atoms with Crippen molar-refractivity contribution in [3.05, 3.63) is 34.4 Å². The molecule has 0 saturated carbocycles. The smallest absolute Gasteiger partial charge is 0.375 e. The van der Waals surface area contributed by atoms with Gasteiger partial charge in [0.05, 0.1) is 31.2 Å². The van der Waals surface area contributed by atoms with Crippen molar-refractivity contribution in [3.8, 4) is 0 Å². The van der Waals surface area contributed by atoms with E-state index in [2.05, 4.69) is 5.32 Å². The third kappa shape index (κ3) is 4.25. The molecule has 4 atom stereocenters. The number of hydrogen-bond donors (Lipinski definition) is 2. The maximum Gasteiger partial charge on any atom is 0.394 e. The number of amides is 3. The van der Waals surface area contributed by atoms with E-state index >= 15 is 0 Å². The first kappa shape index (κ1) is 21.6. The highest BCUT2D eigenvalue weighted by molar-refractivity contribution is 6.31. The number of nitrogens with zero attached hydrogens (tertiary/aromatic N) is 1. The molecule has 0 aromatic heterocycles. The lowest BCUT2D eigenvalue weighted by atomic mass is 9.90. The van der Waals surface area contributed by atoms with Crippen molar-refractivity contribution in [2.24, 2.45) is 11.7 Å². The number of halogens is 6. The van der Waals surface area contributed by atoms with Gasteiger partial charge in [0.25, 0.3) is 0 Å². The molecule has 3 rings (SSSR count). The Labute approximate surface area is 167 Å². The summed E-state index contributed by atoms with van der Waals surface area (Å²) < 4.78 is 72.4. The van der Waals surface area contributed by atoms with E-state index in [4.69, 9.17) is 22.1 Å². The molecule has 29 heavy (non-hydrogen) atoms. The highest BCUT2D eigenvalue weighted by Gasteiger charge is 2.47. The van der Waals surface area contributed by atoms with Gasteiger partial charge in [-0.05, 0) is 18.9 Å². The van der Waals surface area contributed by atoms with E-state index < -0.39 is 65.5 Å². The predicted octanol–water partition coefficient (Wildman–Crippen LogP) is 2.90. The van der Waals surface area contributed by atoms with Crippen LogP contribution in [-0.2, 0) is 9.53 Å². The van der Waals surface area contributed by atoms with Crippen LogP contribution in [0.3, 0.4) is 0 Å². The fourth-order valence-electron chi connectivity index (χ4n) is 3.58. The number of urea groups is 1. The van der Waals surface area contributed by atoms with E-state index in [1.807, 2.05) is 0 Å². The molecule has 0 radical (unpaired) electrons. The van der Waals surface area contributed by atoms with E-state index in [-0.39, 0.29) is 24.9 Å². The minimum Gasteiger partial charge on any atom is -0.375 e. The molecule has 2 aliphatic heterocycles. The predicted molar refractivity (Wildman–Crippen MR) is 90.8 cm³/mol. The first-order valence-electron chi connectivity index (χ1n) is 8.68. The van der Waals surface area contributed by atoms with Crippen LogP contribution in [-0.4, -0.2) is 48.3 Å². The Bertz CT molecular complexity index is 814. The maximum absolute atomic E-state index is 14.7. The third-order valence-electron chi connectivity index (χ3n) is 5.13. The number of ether oxygens (including phenoxy) is 1. The lowest BCUT2D eigenvalue weighted by molar-refractivity contribution is -0.211. The van der Waals surface area contributed by atoms with Crippen molar-refractivity contribution < 1.29 is 36.3 Å². The van der Waals surface area contributed by atoms with Crippen LogP contribution in [0.15, 0.2) is 12.1 Å². The number of hydrogen-bond acceptors (Lipinski definition) is 3. The van der Waals surface area contributed by atoms with Gasteiger partial charge in [0, 0.05) is 5.56 Å². The zero-order valence-electron chi connectivity index (χ0n) is 14.8. The molecule has 1 unspecified atom stereocenters. The summed E-state index contributed by atoms with van der Waals surface area (Å²) in [4.78, 5) is 24.8. The summed E-state index contributed by atoms with van der Waals surface area (Å²) >= 11 is 5.64. The Morgan fingerprint density at radius 1 is 1.31 bits per heavy atom. The van der Waals surface area contributed by atoms with E-state index in [0.29, 0.717) is 0 Å². The number of carbonyl (C=O) groups excluding carboxylic acids is 2. The second-order valence-electron chi connectivity index (χ2n) is 6.95. The zero-order chi connectivity index (χ0) is 21.5. The molecule has 12 heteroatoms. The Morgan fingerprint density at radius 2 is 2.00 bits per heavy atom. The van der Waals surface area contributed by atoms with Crippen LogP contribution in [0.1, 0.15) is 24.4 Å². The Morgan fingerprint density at radius 3 is 2.52 bits per heavy atom. The molecule has 3 N–H and O–H groups in total. The molecule has 2 saturated heterocycles. The van der Waals surface area contributed by atoms with Gasteiger partial charge in [-0.15, -0.1) is 0 Å². The number of nitrogens with two attached hydrogens (primary N) is 1. The highest BCUT2D eigenvalue weighted by Crippen LogP contribution is 2.41. The van der Waals surface area contributed by atoms with Crippen molar-refractivity contribution in [1.82, 2.24) is 10.2 Å². The van der Waals surface area contributed by atoms with Crippen LogP contribution in [0.25, 0.3) is 0 Å². The van der Waals surface area contributed by atoms with Crippen LogP contribution >= 0.6 is 11.6 Å². The quantitative estimate of drug-likeness (QED) is 0.556. The molecular formula is C17H17ClF5N3O3. The summed E-state index contributed by atoms with van der Waals surface area (Å²) in [6, 6.07) is -1.15. The van der Waals surface area contributed by atoms with Crippen molar-refractivity contribution in [3.63, 3.8) is 0 Å². The van der Waals surface area contributed by atoms with Gasteiger partial charge in [0.2, 0.25) is 5.91 Å². The molecule has 0 spiro atoms. The summed E-state index contributed by atoms with van der Waals surface area (Å²) in [6.07, 6.45) is -5.92. The normalized spacial score (nSPS) is 26.3. The second kappa shape index (κ2) is 7.94. The Kier molecular flexibility index (Phi) is 5.91. The topological polar surface area (TPSA) is 84.7 Å². The molecule has 1 aromatic carbocycles. The zero-order valence-corrected chi connectivity index (χ0v) is 15.6. The second-order valence-corrected chi connectivity index (χ2v) is 7.33. The van der Waals surface area contributed by atoms with Gasteiger partial charge in [0.15, 0.2) is 0 Å². The minimum atomic E-state index is -4.45. The molecule has 1 aromatic rings. The number of primary amides is 1. The van der Waals surface area contributed by atoms with Crippen molar-refractivity contribution >= 4 is 23.5 Å². The van der Waals surface area contributed by atoms with E-state index in [1.165, 1.54) is 0 Å². The van der Waals surface area contributed by atoms with Gasteiger partial charge in [-0.2, -0.15) is 13.2 Å². The van der Waals surface area contributed by atoms with Crippen molar-refractivity contribution in [2.45, 2.75) is 37.2 Å². The average Bonchev–Trinajstić information content (AvgIpc) is 3.03. The average molecular weight is 442 g/mol. The Hall–Kier alpha value is -2.14. The number of carbonyl (C=O) groups is 2. The molecule has 3 amide bonds. The third-order valence-corrected chi connectivity index (χ3v) is 5.47. The van der Waals surface area contributed by atoms with Gasteiger partial charge in [-0.1, -0.05) is 17.7 Å². The number of alkyl halides is 3. The van der Waals surface area contributed by atoms with Crippen LogP contribution < -0.4 is 11.1 Å². The van der Waals surface area contributed by atoms with Gasteiger partial charge in [0.1, 0.15) is 22.7 Å². The van der Waals surface area contributed by atoms with Gasteiger partial charge >= 0.3 is 12.2 Å². The van der Waals surface area contributed by atoms with E-state index in [1.54, 1.807) is 0 Å². The maximum atomic E-state index is 14.7. The van der Waals surface area contributed by atoms with Crippen molar-refractivity contribution in [2.75, 3.05) is 13.2 Å². The fraction of sp³-hybridized carbons (Fsp3) is 0.529. The summed E-state index contributed by atoms with van der Waals surface area (Å²) in [5, 5.41) is 1.50. The molecule has 6 nitrogen and oxygen atoms in total. The van der Waals surface area contributed by atoms with Crippen LogP contribution in [0, 0.1) is 17.6 Å². The largest absolute Gasteiger partial charge is 0.394 e. The van der Waals surface area contributed by atoms with E-state index in [9.17, 15) is 31.5 Å². The first-order chi connectivity index (χ1) is 13.5. The van der Waals surface area contributed by atoms with Crippen LogP contribution in [0.5, 0.6) is 0 Å². The summed E-state index contributed by atoms with van der Waals surface area (Å²) in [6.45, 7) is -0.925. The lowest BCUT2D eigenvalue weighted by Gasteiger charge is -2.38. The Balaban J connectivity index is 1.95. The van der Waals surface area contributed by atoms with Crippen LogP contribution in [0.4, 0.5) is 26.7 Å². The SMILES string of the molecule is NC(=O)C1CN([C@H](c2ccc(F)c(Cl)c2F)[C@H]2CC[C@H](C(F)(F)F)CO2)C(=O)N1. The molecule has 0 aliphatic carbocycles. The number of benzene rings is 1. The minimum absolute atomic E-state index is 0.145. The molecular weight excluding hydrogens is 425 g/mol. The fourth-order valence-corrected chi connectivity index (χ4v) is 3.75. The molecule has 160 valence electrons. The molecule has 0 bridgehead atoms. The summed E-state index contributed by atoms with van der Waals surface area (Å²) in [5.74, 6) is -4.71.